The van der Waals surface area contributed by atoms with Crippen LogP contribution in [0.2, 0.25) is 0 Å². The molecule has 1 heteroatoms. The lowest BCUT2D eigenvalue weighted by atomic mass is 9.88. The first kappa shape index (κ1) is 28.8. The summed E-state index contributed by atoms with van der Waals surface area (Å²) in [5.74, 6) is 0. The van der Waals surface area contributed by atoms with Crippen LogP contribution in [0, 0.1) is 0 Å². The molecule has 0 spiro atoms. The second-order valence-electron chi connectivity index (χ2n) is 11.3. The zero-order valence-electron chi connectivity index (χ0n) is 25.7. The van der Waals surface area contributed by atoms with Crippen molar-refractivity contribution in [1.29, 1.82) is 0 Å². The highest BCUT2D eigenvalue weighted by molar-refractivity contribution is 6.16. The Balaban J connectivity index is 1.34. The lowest BCUT2D eigenvalue weighted by Crippen LogP contribution is -2.16. The van der Waals surface area contributed by atoms with Crippen molar-refractivity contribution in [3.63, 3.8) is 0 Å². The fourth-order valence-electron chi connectivity index (χ4n) is 6.22. The van der Waals surface area contributed by atoms with E-state index in [0.717, 1.165) is 6.54 Å². The molecule has 7 aromatic carbocycles. The van der Waals surface area contributed by atoms with Gasteiger partial charge in [-0.25, -0.2) is 0 Å². The zero-order valence-corrected chi connectivity index (χ0v) is 25.7. The maximum Gasteiger partial charge on any atom is 0.0415 e. The molecule has 220 valence electrons. The Bertz CT molecular complexity index is 2060. The average Bonchev–Trinajstić information content (AvgIpc) is 3.14. The van der Waals surface area contributed by atoms with E-state index in [1.807, 2.05) is 0 Å². The molecule has 0 aliphatic carbocycles. The Labute approximate surface area is 271 Å². The van der Waals surface area contributed by atoms with Gasteiger partial charge in [-0.15, -0.1) is 0 Å². The van der Waals surface area contributed by atoms with E-state index in [1.54, 1.807) is 0 Å². The number of para-hydroxylation sites is 2. The molecule has 0 bridgehead atoms. The third kappa shape index (κ3) is 6.18. The van der Waals surface area contributed by atoms with Crippen LogP contribution in [0.15, 0.2) is 188 Å². The van der Waals surface area contributed by atoms with Gasteiger partial charge in [0.1, 0.15) is 0 Å². The third-order valence-corrected chi connectivity index (χ3v) is 8.41. The molecule has 0 unspecified atom stereocenters. The standard InChI is InChI=1S/C45H35N/c1-6-20-35(21-7-1)44(36-22-8-2-9-23-36)34-45-42(40-30-16-15-29-39(40)41-31-17-18-32-43(41)45)28-14-5-19-33-46(37-24-10-3-11-25-37)38-26-12-4-13-27-38/h1-32,34H,33H2/b19-5+,28-14?. The van der Waals surface area contributed by atoms with Gasteiger partial charge < -0.3 is 4.90 Å². The van der Waals surface area contributed by atoms with E-state index < -0.39 is 0 Å². The topological polar surface area (TPSA) is 3.24 Å². The van der Waals surface area contributed by atoms with Crippen LogP contribution in [-0.4, -0.2) is 6.54 Å². The van der Waals surface area contributed by atoms with Gasteiger partial charge in [0.25, 0.3) is 0 Å². The van der Waals surface area contributed by atoms with Gasteiger partial charge in [0.15, 0.2) is 0 Å². The van der Waals surface area contributed by atoms with E-state index in [2.05, 4.69) is 205 Å². The van der Waals surface area contributed by atoms with Crippen LogP contribution in [-0.2, 0) is 0 Å². The minimum Gasteiger partial charge on any atom is -0.338 e. The first-order chi connectivity index (χ1) is 22.9. The largest absolute Gasteiger partial charge is 0.338 e. The summed E-state index contributed by atoms with van der Waals surface area (Å²) in [7, 11) is 0. The quantitative estimate of drug-likeness (QED) is 0.0920. The van der Waals surface area contributed by atoms with Crippen LogP contribution in [0.5, 0.6) is 0 Å². The fraction of sp³-hybridized carbons (Fsp3) is 0.0222. The summed E-state index contributed by atoms with van der Waals surface area (Å²) in [6.45, 7) is 0.760. The minimum absolute atomic E-state index is 0.760. The Hall–Kier alpha value is -5.92. The van der Waals surface area contributed by atoms with Gasteiger partial charge in [-0.05, 0) is 79.7 Å². The Morgan fingerprint density at radius 3 is 1.33 bits per heavy atom. The summed E-state index contributed by atoms with van der Waals surface area (Å²) in [5.41, 5.74) is 8.37. The molecular weight excluding hydrogens is 555 g/mol. The number of anilines is 2. The maximum absolute atomic E-state index is 2.38. The lowest BCUT2D eigenvalue weighted by molar-refractivity contribution is 1.10. The molecule has 7 rings (SSSR count). The molecule has 0 aromatic heterocycles. The zero-order chi connectivity index (χ0) is 31.0. The van der Waals surface area contributed by atoms with Crippen molar-refractivity contribution in [2.75, 3.05) is 11.4 Å². The predicted molar refractivity (Wildman–Crippen MR) is 199 cm³/mol. The van der Waals surface area contributed by atoms with Gasteiger partial charge >= 0.3 is 0 Å². The monoisotopic (exact) mass is 589 g/mol. The van der Waals surface area contributed by atoms with E-state index in [4.69, 9.17) is 0 Å². The number of hydrogen-bond donors (Lipinski definition) is 0. The summed E-state index contributed by atoms with van der Waals surface area (Å²) in [5, 5.41) is 5.01. The van der Waals surface area contributed by atoms with Gasteiger partial charge in [-0.2, -0.15) is 0 Å². The number of rotatable bonds is 9. The number of benzene rings is 7. The van der Waals surface area contributed by atoms with E-state index in [9.17, 15) is 0 Å². The van der Waals surface area contributed by atoms with Crippen LogP contribution in [0.25, 0.3) is 39.3 Å². The normalized spacial score (nSPS) is 11.4. The number of allylic oxidation sites excluding steroid dienone is 2. The molecule has 1 nitrogen and oxygen atoms in total. The molecule has 0 saturated heterocycles. The molecule has 46 heavy (non-hydrogen) atoms. The maximum atomic E-state index is 2.38. The van der Waals surface area contributed by atoms with Gasteiger partial charge in [0.05, 0.1) is 0 Å². The van der Waals surface area contributed by atoms with E-state index in [0.29, 0.717) is 0 Å². The highest BCUT2D eigenvalue weighted by Gasteiger charge is 2.14. The summed E-state index contributed by atoms with van der Waals surface area (Å²) in [6, 6.07) is 60.1. The van der Waals surface area contributed by atoms with E-state index >= 15 is 0 Å². The molecule has 0 N–H and O–H groups in total. The summed E-state index contributed by atoms with van der Waals surface area (Å²) in [4.78, 5) is 2.33. The number of hydrogen-bond acceptors (Lipinski definition) is 1. The van der Waals surface area contributed by atoms with Crippen LogP contribution in [0.4, 0.5) is 11.4 Å². The first-order valence-electron chi connectivity index (χ1n) is 15.8. The van der Waals surface area contributed by atoms with Crippen molar-refractivity contribution >= 4 is 50.6 Å². The molecular formula is C45H35N. The second-order valence-corrected chi connectivity index (χ2v) is 11.3. The molecule has 0 radical (unpaired) electrons. The van der Waals surface area contributed by atoms with E-state index in [-0.39, 0.29) is 0 Å². The van der Waals surface area contributed by atoms with Gasteiger partial charge in [0.2, 0.25) is 0 Å². The number of nitrogens with zero attached hydrogens (tertiary/aromatic N) is 1. The van der Waals surface area contributed by atoms with Crippen LogP contribution < -0.4 is 4.90 Å². The predicted octanol–water partition coefficient (Wildman–Crippen LogP) is 12.0. The Kier molecular flexibility index (Phi) is 8.65. The average molecular weight is 590 g/mol. The SMILES string of the molecule is C(=Cc1c(C=C(c2ccccc2)c2ccccc2)c2ccccc2c2ccccc12)/C=C/CN(c1ccccc1)c1ccccc1. The lowest BCUT2D eigenvalue weighted by Gasteiger charge is -2.23. The summed E-state index contributed by atoms with van der Waals surface area (Å²) in [6.07, 6.45) is 11.3. The third-order valence-electron chi connectivity index (χ3n) is 8.41. The molecule has 0 aliphatic rings. The molecule has 7 aromatic rings. The van der Waals surface area contributed by atoms with Crippen LogP contribution in [0.3, 0.4) is 0 Å². The highest BCUT2D eigenvalue weighted by atomic mass is 15.1. The fourth-order valence-corrected chi connectivity index (χ4v) is 6.22. The highest BCUT2D eigenvalue weighted by Crippen LogP contribution is 2.37. The Morgan fingerprint density at radius 2 is 0.826 bits per heavy atom. The van der Waals surface area contributed by atoms with Crippen molar-refractivity contribution < 1.29 is 0 Å². The van der Waals surface area contributed by atoms with Gasteiger partial charge in [-0.1, -0.05) is 170 Å². The van der Waals surface area contributed by atoms with Crippen molar-refractivity contribution in [2.45, 2.75) is 0 Å². The van der Waals surface area contributed by atoms with Gasteiger partial charge in [-0.3, -0.25) is 0 Å². The first-order valence-corrected chi connectivity index (χ1v) is 15.8. The molecule has 0 amide bonds. The number of fused-ring (bicyclic) bond motifs is 3. The van der Waals surface area contributed by atoms with Crippen molar-refractivity contribution in [2.24, 2.45) is 0 Å². The smallest absolute Gasteiger partial charge is 0.0415 e. The summed E-state index contributed by atoms with van der Waals surface area (Å²) < 4.78 is 0. The second kappa shape index (κ2) is 13.8. The van der Waals surface area contributed by atoms with Crippen LogP contribution >= 0.6 is 0 Å². The minimum atomic E-state index is 0.760. The van der Waals surface area contributed by atoms with Crippen molar-refractivity contribution in [3.05, 3.63) is 210 Å². The molecule has 0 aliphatic heterocycles. The van der Waals surface area contributed by atoms with Gasteiger partial charge in [0, 0.05) is 17.9 Å². The molecule has 0 fully saturated rings. The van der Waals surface area contributed by atoms with Crippen molar-refractivity contribution in [1.82, 2.24) is 0 Å². The van der Waals surface area contributed by atoms with Crippen molar-refractivity contribution in [3.8, 4) is 0 Å². The summed E-state index contributed by atoms with van der Waals surface area (Å²) >= 11 is 0. The molecule has 0 atom stereocenters. The van der Waals surface area contributed by atoms with E-state index in [1.165, 1.54) is 60.7 Å². The molecule has 0 saturated carbocycles. The van der Waals surface area contributed by atoms with Crippen LogP contribution in [0.1, 0.15) is 22.3 Å². The Morgan fingerprint density at radius 1 is 0.413 bits per heavy atom. The molecule has 0 heterocycles.